The van der Waals surface area contributed by atoms with Gasteiger partial charge in [0.25, 0.3) is 0 Å². The van der Waals surface area contributed by atoms with Crippen LogP contribution in [0.4, 0.5) is 24.8 Å². The van der Waals surface area contributed by atoms with Crippen molar-refractivity contribution < 1.29 is 32.2 Å². The van der Waals surface area contributed by atoms with Crippen LogP contribution in [0.25, 0.3) is 0 Å². The molecule has 0 saturated carbocycles. The zero-order valence-corrected chi connectivity index (χ0v) is 20.4. The zero-order valence-electron chi connectivity index (χ0n) is 20.4. The van der Waals surface area contributed by atoms with Gasteiger partial charge in [-0.15, -0.1) is 13.2 Å². The van der Waals surface area contributed by atoms with Crippen molar-refractivity contribution in [2.24, 2.45) is 5.92 Å². The largest absolute Gasteiger partial charge is 0.573 e. The van der Waals surface area contributed by atoms with Gasteiger partial charge in [-0.05, 0) is 29.7 Å². The van der Waals surface area contributed by atoms with Crippen molar-refractivity contribution in [2.75, 3.05) is 44.1 Å². The lowest BCUT2D eigenvalue weighted by atomic mass is 9.89. The van der Waals surface area contributed by atoms with E-state index in [4.69, 9.17) is 9.47 Å². The van der Waals surface area contributed by atoms with Crippen LogP contribution >= 0.6 is 0 Å². The number of rotatable bonds is 9. The van der Waals surface area contributed by atoms with E-state index < -0.39 is 6.36 Å². The third-order valence-corrected chi connectivity index (χ3v) is 6.13. The summed E-state index contributed by atoms with van der Waals surface area (Å²) in [5.41, 5.74) is 1.88. The Balaban J connectivity index is 1.44. The van der Waals surface area contributed by atoms with E-state index in [-0.39, 0.29) is 29.6 Å². The van der Waals surface area contributed by atoms with Gasteiger partial charge in [0, 0.05) is 31.6 Å². The molecule has 4 rings (SSSR count). The maximum absolute atomic E-state index is 12.5. The van der Waals surface area contributed by atoms with Gasteiger partial charge in [-0.1, -0.05) is 42.5 Å². The second kappa shape index (κ2) is 11.4. The second-order valence-electron chi connectivity index (χ2n) is 8.52. The molecular formula is C26H27F3N4O4. The number of carbonyl (C=O) groups excluding carboxylic acids is 1. The summed E-state index contributed by atoms with van der Waals surface area (Å²) in [6, 6.07) is 17.5. The van der Waals surface area contributed by atoms with Crippen LogP contribution < -0.4 is 19.7 Å². The molecular weight excluding hydrogens is 489 g/mol. The first-order valence-corrected chi connectivity index (χ1v) is 11.6. The number of anilines is 2. The molecule has 0 aliphatic carbocycles. The number of nitrogens with zero attached hydrogens (tertiary/aromatic N) is 3. The maximum atomic E-state index is 12.5. The molecule has 2 heterocycles. The van der Waals surface area contributed by atoms with Gasteiger partial charge in [-0.2, -0.15) is 9.97 Å². The van der Waals surface area contributed by atoms with Crippen molar-refractivity contribution in [1.29, 1.82) is 0 Å². The maximum Gasteiger partial charge on any atom is 0.573 e. The number of methoxy groups -OCH3 is 2. The molecule has 0 bridgehead atoms. The van der Waals surface area contributed by atoms with Gasteiger partial charge in [0.05, 0.1) is 20.1 Å². The Bertz CT molecular complexity index is 1190. The topological polar surface area (TPSA) is 85.8 Å². The summed E-state index contributed by atoms with van der Waals surface area (Å²) in [4.78, 5) is 23.4. The average Bonchev–Trinajstić information content (AvgIpc) is 3.34. The van der Waals surface area contributed by atoms with Gasteiger partial charge < -0.3 is 24.4 Å². The Labute approximate surface area is 212 Å². The molecule has 1 N–H and O–H groups in total. The highest BCUT2D eigenvalue weighted by Crippen LogP contribution is 2.36. The fourth-order valence-electron chi connectivity index (χ4n) is 4.37. The third-order valence-electron chi connectivity index (χ3n) is 6.13. The van der Waals surface area contributed by atoms with E-state index in [0.717, 1.165) is 11.1 Å². The molecule has 1 aromatic heterocycles. The van der Waals surface area contributed by atoms with E-state index in [2.05, 4.69) is 20.0 Å². The van der Waals surface area contributed by atoms with E-state index >= 15 is 0 Å². The quantitative estimate of drug-likeness (QED) is 0.418. The Hall–Kier alpha value is -4.02. The van der Waals surface area contributed by atoms with Crippen LogP contribution in [-0.4, -0.2) is 56.2 Å². The predicted molar refractivity (Wildman–Crippen MR) is 131 cm³/mol. The molecule has 0 spiro atoms. The standard InChI is InChI=1S/C26H27F3N4O4/c1-35-24(34)21-16-33(15-20(21)18-6-4-3-5-7-18)23-14-22(31-25(32-23)36-2)30-13-12-17-8-10-19(11-9-17)37-26(27,28)29/h3-11,14,20-21H,12-13,15-16H2,1-2H3,(H,30,31,32). The van der Waals surface area contributed by atoms with Crippen molar-refractivity contribution >= 4 is 17.6 Å². The summed E-state index contributed by atoms with van der Waals surface area (Å²) in [5.74, 6) is 0.179. The van der Waals surface area contributed by atoms with E-state index in [1.165, 1.54) is 26.4 Å². The van der Waals surface area contributed by atoms with E-state index in [0.29, 0.717) is 37.7 Å². The highest BCUT2D eigenvalue weighted by molar-refractivity contribution is 5.76. The Morgan fingerprint density at radius 1 is 1.05 bits per heavy atom. The van der Waals surface area contributed by atoms with Crippen LogP contribution in [0.5, 0.6) is 11.8 Å². The first-order valence-electron chi connectivity index (χ1n) is 11.6. The number of benzene rings is 2. The molecule has 1 fully saturated rings. The van der Waals surface area contributed by atoms with Crippen LogP contribution in [0.3, 0.4) is 0 Å². The smallest absolute Gasteiger partial charge is 0.469 e. The molecule has 1 aliphatic rings. The highest BCUT2D eigenvalue weighted by atomic mass is 19.4. The number of esters is 1. The molecule has 2 aromatic carbocycles. The average molecular weight is 517 g/mol. The molecule has 1 aliphatic heterocycles. The monoisotopic (exact) mass is 516 g/mol. The minimum atomic E-state index is -4.72. The van der Waals surface area contributed by atoms with Crippen LogP contribution in [0.1, 0.15) is 17.0 Å². The molecule has 0 amide bonds. The van der Waals surface area contributed by atoms with Crippen molar-refractivity contribution in [2.45, 2.75) is 18.7 Å². The summed E-state index contributed by atoms with van der Waals surface area (Å²) in [7, 11) is 2.86. The van der Waals surface area contributed by atoms with Gasteiger partial charge in [0.2, 0.25) is 0 Å². The number of aromatic nitrogens is 2. The minimum Gasteiger partial charge on any atom is -0.469 e. The third kappa shape index (κ3) is 6.81. The summed E-state index contributed by atoms with van der Waals surface area (Å²) >= 11 is 0. The summed E-state index contributed by atoms with van der Waals surface area (Å²) in [6.45, 7) is 1.46. The van der Waals surface area contributed by atoms with Gasteiger partial charge in [0.1, 0.15) is 17.4 Å². The highest BCUT2D eigenvalue weighted by Gasteiger charge is 2.40. The Morgan fingerprint density at radius 2 is 1.78 bits per heavy atom. The molecule has 2 unspecified atom stereocenters. The van der Waals surface area contributed by atoms with Crippen molar-refractivity contribution in [3.05, 3.63) is 71.8 Å². The number of nitrogens with one attached hydrogen (secondary N) is 1. The van der Waals surface area contributed by atoms with Crippen LogP contribution in [0, 0.1) is 5.92 Å². The van der Waals surface area contributed by atoms with E-state index in [1.807, 2.05) is 35.2 Å². The zero-order chi connectivity index (χ0) is 26.4. The molecule has 0 radical (unpaired) electrons. The summed E-state index contributed by atoms with van der Waals surface area (Å²) in [5, 5.41) is 3.21. The molecule has 1 saturated heterocycles. The Morgan fingerprint density at radius 3 is 2.43 bits per heavy atom. The summed E-state index contributed by atoms with van der Waals surface area (Å²) in [6.07, 6.45) is -4.18. The Kier molecular flexibility index (Phi) is 8.00. The molecule has 196 valence electrons. The van der Waals surface area contributed by atoms with Gasteiger partial charge in [-0.3, -0.25) is 4.79 Å². The van der Waals surface area contributed by atoms with Crippen molar-refractivity contribution in [3.63, 3.8) is 0 Å². The molecule has 2 atom stereocenters. The number of ether oxygens (including phenoxy) is 3. The first-order chi connectivity index (χ1) is 17.8. The van der Waals surface area contributed by atoms with Crippen molar-refractivity contribution in [1.82, 2.24) is 9.97 Å². The molecule has 37 heavy (non-hydrogen) atoms. The minimum absolute atomic E-state index is 0.0599. The van der Waals surface area contributed by atoms with E-state index in [9.17, 15) is 18.0 Å². The molecule has 8 nitrogen and oxygen atoms in total. The number of carbonyl (C=O) groups is 1. The van der Waals surface area contributed by atoms with Crippen LogP contribution in [-0.2, 0) is 16.0 Å². The fraction of sp³-hybridized carbons (Fsp3) is 0.346. The number of halogens is 3. The van der Waals surface area contributed by atoms with Gasteiger partial charge >= 0.3 is 18.3 Å². The lowest BCUT2D eigenvalue weighted by Crippen LogP contribution is -2.25. The number of alkyl halides is 3. The lowest BCUT2D eigenvalue weighted by Gasteiger charge is -2.19. The molecule has 3 aromatic rings. The number of hydrogen-bond donors (Lipinski definition) is 1. The van der Waals surface area contributed by atoms with E-state index in [1.54, 1.807) is 18.2 Å². The van der Waals surface area contributed by atoms with Gasteiger partial charge in [-0.25, -0.2) is 0 Å². The van der Waals surface area contributed by atoms with Crippen molar-refractivity contribution in [3.8, 4) is 11.8 Å². The first kappa shape index (κ1) is 26.1. The SMILES string of the molecule is COC(=O)C1CN(c2cc(NCCc3ccc(OC(F)(F)F)cc3)nc(OC)n2)CC1c1ccccc1. The fourth-order valence-corrected chi connectivity index (χ4v) is 4.37. The summed E-state index contributed by atoms with van der Waals surface area (Å²) < 4.78 is 51.3. The van der Waals surface area contributed by atoms with Gasteiger partial charge in [0.15, 0.2) is 0 Å². The van der Waals surface area contributed by atoms with Crippen LogP contribution in [0.2, 0.25) is 0 Å². The lowest BCUT2D eigenvalue weighted by molar-refractivity contribution is -0.274. The predicted octanol–water partition coefficient (Wildman–Crippen LogP) is 4.43. The van der Waals surface area contributed by atoms with Crippen LogP contribution in [0.15, 0.2) is 60.7 Å². The normalized spacial score (nSPS) is 17.4. The second-order valence-corrected chi connectivity index (χ2v) is 8.52. The molecule has 11 heteroatoms. The number of hydrogen-bond acceptors (Lipinski definition) is 8.